The summed E-state index contributed by atoms with van der Waals surface area (Å²) in [6, 6.07) is 0. The van der Waals surface area contributed by atoms with Crippen LogP contribution in [-0.4, -0.2) is 10.9 Å². The van der Waals surface area contributed by atoms with Crippen molar-refractivity contribution >= 4 is 5.78 Å². The number of ketones is 1. The van der Waals surface area contributed by atoms with Gasteiger partial charge < -0.3 is 5.11 Å². The number of carbonyl (C=O) groups is 1. The number of carbonyl (C=O) groups excluding carboxylic acids is 1. The number of aliphatic hydroxyl groups excluding tert-OH is 1. The van der Waals surface area contributed by atoms with Gasteiger partial charge in [-0.25, -0.2) is 0 Å². The van der Waals surface area contributed by atoms with Crippen LogP contribution >= 0.6 is 0 Å². The van der Waals surface area contributed by atoms with E-state index in [-0.39, 0.29) is 5.78 Å². The van der Waals surface area contributed by atoms with E-state index in [2.05, 4.69) is 0 Å². The van der Waals surface area contributed by atoms with Crippen LogP contribution in [0.2, 0.25) is 0 Å². The van der Waals surface area contributed by atoms with E-state index in [1.54, 1.807) is 0 Å². The molecular formula is C7H12O2. The van der Waals surface area contributed by atoms with Crippen molar-refractivity contribution < 1.29 is 9.90 Å². The summed E-state index contributed by atoms with van der Waals surface area (Å²) in [5, 5.41) is 8.15. The van der Waals surface area contributed by atoms with E-state index >= 15 is 0 Å². The van der Waals surface area contributed by atoms with Crippen LogP contribution in [0.4, 0.5) is 0 Å². The average molecular weight is 128 g/mol. The molecule has 0 rings (SSSR count). The first-order valence-electron chi connectivity index (χ1n) is 3.00. The molecule has 2 heteroatoms. The first-order valence-corrected chi connectivity index (χ1v) is 3.00. The molecule has 2 nitrogen and oxygen atoms in total. The minimum atomic E-state index is -0.0208. The molecule has 0 saturated heterocycles. The van der Waals surface area contributed by atoms with Crippen molar-refractivity contribution in [2.24, 2.45) is 5.92 Å². The molecule has 0 aromatic heterocycles. The summed E-state index contributed by atoms with van der Waals surface area (Å²) in [5.74, 6) is 0.348. The van der Waals surface area contributed by atoms with Gasteiger partial charge in [-0.3, -0.25) is 4.79 Å². The Balaban J connectivity index is 3.51. The van der Waals surface area contributed by atoms with Crippen LogP contribution in [-0.2, 0) is 4.79 Å². The first kappa shape index (κ1) is 8.21. The van der Waals surface area contributed by atoms with Gasteiger partial charge in [0.2, 0.25) is 0 Å². The molecule has 0 aliphatic carbocycles. The molecule has 0 atom stereocenters. The van der Waals surface area contributed by atoms with Gasteiger partial charge in [0.1, 0.15) is 0 Å². The molecule has 0 amide bonds. The predicted octanol–water partition coefficient (Wildman–Crippen LogP) is 1.67. The Morgan fingerprint density at radius 1 is 1.67 bits per heavy atom. The molecule has 0 fully saturated rings. The number of hydrogen-bond acceptors (Lipinski definition) is 2. The van der Waals surface area contributed by atoms with Crippen LogP contribution in [0.1, 0.15) is 20.3 Å². The maximum absolute atomic E-state index is 10.6. The molecule has 0 bridgehead atoms. The smallest absolute Gasteiger partial charge is 0.158 e. The first-order chi connectivity index (χ1) is 4.16. The van der Waals surface area contributed by atoms with E-state index in [0.29, 0.717) is 12.3 Å². The highest BCUT2D eigenvalue weighted by molar-refractivity contribution is 5.89. The molecule has 0 aliphatic rings. The fraction of sp³-hybridized carbons (Fsp3) is 0.571. The lowest BCUT2D eigenvalue weighted by atomic mass is 10.1. The van der Waals surface area contributed by atoms with Crippen LogP contribution in [0.25, 0.3) is 0 Å². The van der Waals surface area contributed by atoms with Crippen molar-refractivity contribution in [2.75, 3.05) is 0 Å². The quantitative estimate of drug-likeness (QED) is 0.463. The zero-order valence-corrected chi connectivity index (χ0v) is 5.79. The molecule has 9 heavy (non-hydrogen) atoms. The molecule has 52 valence electrons. The second-order valence-electron chi connectivity index (χ2n) is 2.38. The summed E-state index contributed by atoms with van der Waals surface area (Å²) in [7, 11) is 0. The Labute approximate surface area is 55.2 Å². The monoisotopic (exact) mass is 128 g/mol. The van der Waals surface area contributed by atoms with Crippen LogP contribution in [0.3, 0.4) is 0 Å². The standard InChI is InChI=1S/C7H12O2/c1-6(2)5-7(9)3-4-8/h3-4,6,8H,5H2,1-2H3/b4-3-. The number of aliphatic hydroxyl groups is 1. The molecule has 0 aliphatic heterocycles. The Kier molecular flexibility index (Phi) is 3.76. The summed E-state index contributed by atoms with van der Waals surface area (Å²) in [6.45, 7) is 3.92. The second kappa shape index (κ2) is 4.13. The zero-order valence-electron chi connectivity index (χ0n) is 5.79. The fourth-order valence-corrected chi connectivity index (χ4v) is 0.554. The Hall–Kier alpha value is -0.790. The third-order valence-electron chi connectivity index (χ3n) is 0.870. The van der Waals surface area contributed by atoms with Crippen LogP contribution in [0.5, 0.6) is 0 Å². The predicted molar refractivity (Wildman–Crippen MR) is 36.2 cm³/mol. The average Bonchev–Trinajstić information content (AvgIpc) is 1.63. The summed E-state index contributed by atoms with van der Waals surface area (Å²) in [4.78, 5) is 10.6. The lowest BCUT2D eigenvalue weighted by molar-refractivity contribution is -0.115. The largest absolute Gasteiger partial charge is 0.515 e. The summed E-state index contributed by atoms with van der Waals surface area (Å²) in [5.41, 5.74) is 0. The second-order valence-corrected chi connectivity index (χ2v) is 2.38. The van der Waals surface area contributed by atoms with Crippen molar-refractivity contribution in [1.82, 2.24) is 0 Å². The van der Waals surface area contributed by atoms with Crippen molar-refractivity contribution in [3.8, 4) is 0 Å². The normalized spacial score (nSPS) is 11.0. The van der Waals surface area contributed by atoms with Gasteiger partial charge in [0, 0.05) is 12.5 Å². The third kappa shape index (κ3) is 5.07. The summed E-state index contributed by atoms with van der Waals surface area (Å²) >= 11 is 0. The van der Waals surface area contributed by atoms with E-state index in [9.17, 15) is 4.79 Å². The maximum Gasteiger partial charge on any atom is 0.158 e. The molecule has 0 spiro atoms. The molecule has 1 N–H and O–H groups in total. The van der Waals surface area contributed by atoms with Gasteiger partial charge in [-0.2, -0.15) is 0 Å². The van der Waals surface area contributed by atoms with Crippen molar-refractivity contribution in [3.63, 3.8) is 0 Å². The van der Waals surface area contributed by atoms with Gasteiger partial charge in [0.25, 0.3) is 0 Å². The molecule has 0 unspecified atom stereocenters. The van der Waals surface area contributed by atoms with Crippen molar-refractivity contribution in [3.05, 3.63) is 12.3 Å². The number of rotatable bonds is 3. The van der Waals surface area contributed by atoms with Gasteiger partial charge >= 0.3 is 0 Å². The minimum Gasteiger partial charge on any atom is -0.515 e. The van der Waals surface area contributed by atoms with E-state index < -0.39 is 0 Å². The van der Waals surface area contributed by atoms with Gasteiger partial charge in [-0.05, 0) is 5.92 Å². The third-order valence-corrected chi connectivity index (χ3v) is 0.870. The molecule has 0 aromatic carbocycles. The molecule has 0 saturated carbocycles. The highest BCUT2D eigenvalue weighted by atomic mass is 16.2. The van der Waals surface area contributed by atoms with Gasteiger partial charge in [-0.1, -0.05) is 13.8 Å². The minimum absolute atomic E-state index is 0.0208. The maximum atomic E-state index is 10.6. The van der Waals surface area contributed by atoms with Crippen LogP contribution < -0.4 is 0 Å². The molecule has 0 radical (unpaired) electrons. The summed E-state index contributed by atoms with van der Waals surface area (Å²) < 4.78 is 0. The Morgan fingerprint density at radius 3 is 2.56 bits per heavy atom. The SMILES string of the molecule is CC(C)CC(=O)/C=C\O. The molecule has 0 heterocycles. The molecule has 0 aromatic rings. The van der Waals surface area contributed by atoms with E-state index in [1.807, 2.05) is 13.8 Å². The van der Waals surface area contributed by atoms with E-state index in [0.717, 1.165) is 6.26 Å². The van der Waals surface area contributed by atoms with E-state index in [1.165, 1.54) is 6.08 Å². The number of allylic oxidation sites excluding steroid dienone is 1. The molecular weight excluding hydrogens is 116 g/mol. The van der Waals surface area contributed by atoms with Crippen molar-refractivity contribution in [2.45, 2.75) is 20.3 Å². The summed E-state index contributed by atoms with van der Waals surface area (Å²) in [6.07, 6.45) is 2.47. The van der Waals surface area contributed by atoms with Crippen LogP contribution in [0.15, 0.2) is 12.3 Å². The van der Waals surface area contributed by atoms with Gasteiger partial charge in [-0.15, -0.1) is 0 Å². The lowest BCUT2D eigenvalue weighted by Gasteiger charge is -1.96. The highest BCUT2D eigenvalue weighted by Gasteiger charge is 1.99. The highest BCUT2D eigenvalue weighted by Crippen LogP contribution is 1.99. The zero-order chi connectivity index (χ0) is 7.28. The van der Waals surface area contributed by atoms with Gasteiger partial charge in [0.05, 0.1) is 6.26 Å². The lowest BCUT2D eigenvalue weighted by Crippen LogP contribution is -1.97. The number of hydrogen-bond donors (Lipinski definition) is 1. The van der Waals surface area contributed by atoms with Crippen LogP contribution in [0, 0.1) is 5.92 Å². The Bertz CT molecular complexity index is 114. The van der Waals surface area contributed by atoms with E-state index in [4.69, 9.17) is 5.11 Å². The fourth-order valence-electron chi connectivity index (χ4n) is 0.554. The van der Waals surface area contributed by atoms with Gasteiger partial charge in [0.15, 0.2) is 5.78 Å². The Morgan fingerprint density at radius 2 is 2.22 bits per heavy atom. The van der Waals surface area contributed by atoms with Crippen molar-refractivity contribution in [1.29, 1.82) is 0 Å². The topological polar surface area (TPSA) is 37.3 Å².